The molecule has 1 N–H and O–H groups in total. The molecule has 0 saturated heterocycles. The number of para-hydroxylation sites is 2. The van der Waals surface area contributed by atoms with E-state index in [-0.39, 0.29) is 5.91 Å². The summed E-state index contributed by atoms with van der Waals surface area (Å²) < 4.78 is 16.0. The molecule has 128 valence electrons. The highest BCUT2D eigenvalue weighted by molar-refractivity contribution is 5.95. The number of benzene rings is 2. The van der Waals surface area contributed by atoms with Crippen LogP contribution in [0.25, 0.3) is 11.5 Å². The number of hydrogen-bond donors (Lipinski definition) is 1. The summed E-state index contributed by atoms with van der Waals surface area (Å²) in [6, 6.07) is 14.2. The zero-order chi connectivity index (χ0) is 17.6. The number of amides is 1. The normalized spacial score (nSPS) is 11.6. The Morgan fingerprint density at radius 2 is 1.92 bits per heavy atom. The van der Waals surface area contributed by atoms with Gasteiger partial charge in [0.05, 0.1) is 12.8 Å². The molecule has 3 rings (SSSR count). The van der Waals surface area contributed by atoms with E-state index in [4.69, 9.17) is 13.9 Å². The molecule has 0 spiro atoms. The molecule has 0 fully saturated rings. The van der Waals surface area contributed by atoms with Gasteiger partial charge < -0.3 is 19.2 Å². The highest BCUT2D eigenvalue weighted by atomic mass is 16.5. The van der Waals surface area contributed by atoms with Crippen molar-refractivity contribution in [3.05, 3.63) is 54.9 Å². The van der Waals surface area contributed by atoms with Gasteiger partial charge >= 0.3 is 0 Å². The molecule has 1 heterocycles. The molecule has 0 radical (unpaired) electrons. The molecular formula is C18H17N3O4. The topological polar surface area (TPSA) is 86.5 Å². The Balaban J connectivity index is 1.63. The van der Waals surface area contributed by atoms with Gasteiger partial charge in [-0.2, -0.15) is 0 Å². The molecule has 0 aliphatic carbocycles. The van der Waals surface area contributed by atoms with Crippen molar-refractivity contribution in [2.45, 2.75) is 13.0 Å². The van der Waals surface area contributed by atoms with E-state index in [0.717, 1.165) is 5.56 Å². The van der Waals surface area contributed by atoms with Crippen LogP contribution in [-0.2, 0) is 4.79 Å². The summed E-state index contributed by atoms with van der Waals surface area (Å²) in [5, 5.41) is 10.3. The lowest BCUT2D eigenvalue weighted by Gasteiger charge is -2.16. The van der Waals surface area contributed by atoms with Gasteiger partial charge in [-0.1, -0.05) is 12.1 Å². The minimum atomic E-state index is -0.681. The number of hydrogen-bond acceptors (Lipinski definition) is 6. The average molecular weight is 339 g/mol. The first-order chi connectivity index (χ1) is 12.2. The van der Waals surface area contributed by atoms with E-state index in [1.54, 1.807) is 50.4 Å². The molecule has 25 heavy (non-hydrogen) atoms. The molecule has 0 aliphatic rings. The van der Waals surface area contributed by atoms with Crippen LogP contribution in [0.2, 0.25) is 0 Å². The summed E-state index contributed by atoms with van der Waals surface area (Å²) in [5.41, 5.74) is 1.37. The van der Waals surface area contributed by atoms with E-state index < -0.39 is 6.10 Å². The number of carbonyl (C=O) groups is 1. The van der Waals surface area contributed by atoms with Crippen LogP contribution >= 0.6 is 0 Å². The van der Waals surface area contributed by atoms with Crippen LogP contribution in [-0.4, -0.2) is 29.3 Å². The highest BCUT2D eigenvalue weighted by Crippen LogP contribution is 2.24. The molecule has 7 nitrogen and oxygen atoms in total. The summed E-state index contributed by atoms with van der Waals surface area (Å²) in [6.45, 7) is 1.68. The van der Waals surface area contributed by atoms with E-state index in [1.165, 1.54) is 6.39 Å². The number of anilines is 1. The maximum atomic E-state index is 12.3. The number of methoxy groups -OCH3 is 1. The van der Waals surface area contributed by atoms with Gasteiger partial charge in [0.25, 0.3) is 5.91 Å². The summed E-state index contributed by atoms with van der Waals surface area (Å²) in [5.74, 6) is 1.30. The first-order valence-electron chi connectivity index (χ1n) is 7.64. The van der Waals surface area contributed by atoms with Crippen molar-refractivity contribution in [3.8, 4) is 23.0 Å². The Labute approximate surface area is 144 Å². The van der Waals surface area contributed by atoms with Crippen molar-refractivity contribution in [1.29, 1.82) is 0 Å². The van der Waals surface area contributed by atoms with E-state index >= 15 is 0 Å². The van der Waals surface area contributed by atoms with Gasteiger partial charge in [-0.25, -0.2) is 0 Å². The molecule has 0 saturated carbocycles. The van der Waals surface area contributed by atoms with Crippen LogP contribution in [0, 0.1) is 0 Å². The quantitative estimate of drug-likeness (QED) is 0.742. The molecule has 0 bridgehead atoms. The second-order valence-corrected chi connectivity index (χ2v) is 5.22. The summed E-state index contributed by atoms with van der Waals surface area (Å²) in [4.78, 5) is 12.3. The lowest BCUT2D eigenvalue weighted by atomic mass is 10.2. The first kappa shape index (κ1) is 16.5. The van der Waals surface area contributed by atoms with E-state index in [1.807, 2.05) is 12.1 Å². The Morgan fingerprint density at radius 1 is 1.16 bits per heavy atom. The van der Waals surface area contributed by atoms with Crippen LogP contribution in [0.5, 0.6) is 11.5 Å². The van der Waals surface area contributed by atoms with Gasteiger partial charge in [0.1, 0.15) is 11.5 Å². The molecule has 3 aromatic rings. The van der Waals surface area contributed by atoms with Gasteiger partial charge in [-0.05, 0) is 43.3 Å². The van der Waals surface area contributed by atoms with Gasteiger partial charge in [0.15, 0.2) is 6.10 Å². The SMILES string of the molecule is COc1ccccc1NC(=O)[C@H](C)Oc1ccc(-c2nnco2)cc1. The van der Waals surface area contributed by atoms with Gasteiger partial charge in [-0.15, -0.1) is 10.2 Å². The minimum Gasteiger partial charge on any atom is -0.495 e. The largest absolute Gasteiger partial charge is 0.495 e. The third-order valence-electron chi connectivity index (χ3n) is 3.51. The molecule has 0 unspecified atom stereocenters. The third kappa shape index (κ3) is 3.95. The molecule has 1 aromatic heterocycles. The maximum absolute atomic E-state index is 12.3. The Kier molecular flexibility index (Phi) is 4.94. The average Bonchev–Trinajstić information content (AvgIpc) is 3.17. The number of ether oxygens (including phenoxy) is 2. The Bertz CT molecular complexity index is 832. The van der Waals surface area contributed by atoms with Crippen LogP contribution in [0.4, 0.5) is 5.69 Å². The predicted molar refractivity (Wildman–Crippen MR) is 91.4 cm³/mol. The first-order valence-corrected chi connectivity index (χ1v) is 7.64. The van der Waals surface area contributed by atoms with Gasteiger partial charge in [-0.3, -0.25) is 4.79 Å². The van der Waals surface area contributed by atoms with E-state index in [0.29, 0.717) is 23.1 Å². The molecule has 2 aromatic carbocycles. The fraction of sp³-hybridized carbons (Fsp3) is 0.167. The fourth-order valence-corrected chi connectivity index (χ4v) is 2.21. The Hall–Kier alpha value is -3.35. The lowest BCUT2D eigenvalue weighted by molar-refractivity contribution is -0.122. The van der Waals surface area contributed by atoms with Crippen LogP contribution in [0.1, 0.15) is 6.92 Å². The number of rotatable bonds is 6. The maximum Gasteiger partial charge on any atom is 0.265 e. The highest BCUT2D eigenvalue weighted by Gasteiger charge is 2.16. The minimum absolute atomic E-state index is 0.273. The van der Waals surface area contributed by atoms with Crippen molar-refractivity contribution in [1.82, 2.24) is 10.2 Å². The summed E-state index contributed by atoms with van der Waals surface area (Å²) in [7, 11) is 1.55. The van der Waals surface area contributed by atoms with Gasteiger partial charge in [0, 0.05) is 5.56 Å². The molecule has 1 atom stereocenters. The van der Waals surface area contributed by atoms with Crippen molar-refractivity contribution < 1.29 is 18.7 Å². The molecule has 7 heteroatoms. The number of carbonyl (C=O) groups excluding carboxylic acids is 1. The number of aromatic nitrogens is 2. The van der Waals surface area contributed by atoms with E-state index in [9.17, 15) is 4.79 Å². The number of nitrogens with one attached hydrogen (secondary N) is 1. The van der Waals surface area contributed by atoms with Crippen molar-refractivity contribution in [2.24, 2.45) is 0 Å². The molecule has 0 aliphatic heterocycles. The molecule has 1 amide bonds. The predicted octanol–water partition coefficient (Wildman–Crippen LogP) is 3.15. The van der Waals surface area contributed by atoms with E-state index in [2.05, 4.69) is 15.5 Å². The summed E-state index contributed by atoms with van der Waals surface area (Å²) >= 11 is 0. The molecular weight excluding hydrogens is 322 g/mol. The van der Waals surface area contributed by atoms with Crippen molar-refractivity contribution in [2.75, 3.05) is 12.4 Å². The van der Waals surface area contributed by atoms with Crippen molar-refractivity contribution in [3.63, 3.8) is 0 Å². The second-order valence-electron chi connectivity index (χ2n) is 5.22. The Morgan fingerprint density at radius 3 is 2.60 bits per heavy atom. The summed E-state index contributed by atoms with van der Waals surface area (Å²) in [6.07, 6.45) is 0.587. The monoisotopic (exact) mass is 339 g/mol. The van der Waals surface area contributed by atoms with Crippen LogP contribution in [0.3, 0.4) is 0 Å². The zero-order valence-electron chi connectivity index (χ0n) is 13.8. The zero-order valence-corrected chi connectivity index (χ0v) is 13.8. The standard InChI is InChI=1S/C18H17N3O4/c1-12(17(22)20-15-5-3-4-6-16(15)23-2)25-14-9-7-13(8-10-14)18-21-19-11-24-18/h3-12H,1-2H3,(H,20,22)/t12-/m0/s1. The smallest absolute Gasteiger partial charge is 0.265 e. The lowest BCUT2D eigenvalue weighted by Crippen LogP contribution is -2.30. The van der Waals surface area contributed by atoms with Gasteiger partial charge in [0.2, 0.25) is 12.3 Å². The fourth-order valence-electron chi connectivity index (χ4n) is 2.21. The van der Waals surface area contributed by atoms with Crippen LogP contribution < -0.4 is 14.8 Å². The van der Waals surface area contributed by atoms with Crippen molar-refractivity contribution >= 4 is 11.6 Å². The number of nitrogens with zero attached hydrogens (tertiary/aromatic N) is 2. The van der Waals surface area contributed by atoms with Crippen LogP contribution in [0.15, 0.2) is 59.3 Å². The third-order valence-corrected chi connectivity index (χ3v) is 3.51. The second kappa shape index (κ2) is 7.48.